The lowest BCUT2D eigenvalue weighted by atomic mass is 10.1. The van der Waals surface area contributed by atoms with E-state index in [0.29, 0.717) is 17.5 Å². The van der Waals surface area contributed by atoms with Gasteiger partial charge in [0.1, 0.15) is 0 Å². The van der Waals surface area contributed by atoms with Crippen LogP contribution in [0.3, 0.4) is 0 Å². The molecule has 0 saturated heterocycles. The molecule has 3 aromatic carbocycles. The van der Waals surface area contributed by atoms with Crippen molar-refractivity contribution in [2.45, 2.75) is 13.8 Å². The van der Waals surface area contributed by atoms with Gasteiger partial charge < -0.3 is 10.6 Å². The highest BCUT2D eigenvalue weighted by molar-refractivity contribution is 5.80. The van der Waals surface area contributed by atoms with Crippen molar-refractivity contribution in [3.63, 3.8) is 0 Å². The SMILES string of the molecule is Cc1ccc(Nc2nc(N/N=C/c3ccc([N+](=O)[O-])cc3)nc(Nc3ccccc3)n2)c(C)c1. The first-order valence-electron chi connectivity index (χ1n) is 10.4. The molecule has 10 heteroatoms. The van der Waals surface area contributed by atoms with Crippen LogP contribution in [0.5, 0.6) is 0 Å². The number of aromatic nitrogens is 3. The summed E-state index contributed by atoms with van der Waals surface area (Å²) in [4.78, 5) is 23.6. The Balaban J connectivity index is 1.57. The molecule has 0 unspecified atom stereocenters. The van der Waals surface area contributed by atoms with Crippen molar-refractivity contribution in [3.05, 3.63) is 99.6 Å². The predicted octanol–water partition coefficient (Wildman–Crippen LogP) is 5.33. The third-order valence-corrected chi connectivity index (χ3v) is 4.78. The van der Waals surface area contributed by atoms with Crippen LogP contribution in [0.2, 0.25) is 0 Å². The fraction of sp³-hybridized carbons (Fsp3) is 0.0833. The zero-order valence-corrected chi connectivity index (χ0v) is 18.6. The molecular weight excluding hydrogens is 432 g/mol. The summed E-state index contributed by atoms with van der Waals surface area (Å²) >= 11 is 0. The van der Waals surface area contributed by atoms with Crippen LogP contribution in [-0.4, -0.2) is 26.1 Å². The molecule has 0 aliphatic heterocycles. The van der Waals surface area contributed by atoms with E-state index in [1.54, 1.807) is 12.1 Å². The van der Waals surface area contributed by atoms with Crippen molar-refractivity contribution < 1.29 is 4.92 Å². The molecule has 4 aromatic rings. The molecule has 170 valence electrons. The van der Waals surface area contributed by atoms with Crippen molar-refractivity contribution in [2.24, 2.45) is 5.10 Å². The number of non-ortho nitro benzene ring substituents is 1. The fourth-order valence-electron chi connectivity index (χ4n) is 3.11. The number of nitro groups is 1. The Morgan fingerprint density at radius 1 is 0.853 bits per heavy atom. The zero-order chi connectivity index (χ0) is 23.9. The van der Waals surface area contributed by atoms with Gasteiger partial charge in [-0.3, -0.25) is 10.1 Å². The van der Waals surface area contributed by atoms with Crippen LogP contribution in [0.4, 0.5) is 34.9 Å². The van der Waals surface area contributed by atoms with Gasteiger partial charge in [0.2, 0.25) is 17.8 Å². The molecule has 0 amide bonds. The highest BCUT2D eigenvalue weighted by Crippen LogP contribution is 2.22. The van der Waals surface area contributed by atoms with Gasteiger partial charge in [-0.15, -0.1) is 0 Å². The molecule has 3 N–H and O–H groups in total. The normalized spacial score (nSPS) is 10.8. The summed E-state index contributed by atoms with van der Waals surface area (Å²) in [6.45, 7) is 4.04. The lowest BCUT2D eigenvalue weighted by Gasteiger charge is -2.12. The van der Waals surface area contributed by atoms with E-state index in [0.717, 1.165) is 22.5 Å². The number of benzene rings is 3. The van der Waals surface area contributed by atoms with Gasteiger partial charge in [0.25, 0.3) is 5.69 Å². The molecule has 0 atom stereocenters. The molecule has 0 bridgehead atoms. The van der Waals surface area contributed by atoms with E-state index in [2.05, 4.69) is 42.2 Å². The van der Waals surface area contributed by atoms with Crippen LogP contribution < -0.4 is 16.1 Å². The molecule has 0 fully saturated rings. The number of nitro benzene ring substituents is 1. The number of rotatable bonds is 8. The van der Waals surface area contributed by atoms with Crippen molar-refractivity contribution in [2.75, 3.05) is 16.1 Å². The Hall–Kier alpha value is -4.86. The fourth-order valence-corrected chi connectivity index (χ4v) is 3.11. The van der Waals surface area contributed by atoms with Gasteiger partial charge in [-0.1, -0.05) is 35.9 Å². The van der Waals surface area contributed by atoms with Crippen LogP contribution >= 0.6 is 0 Å². The topological polar surface area (TPSA) is 130 Å². The molecule has 1 aromatic heterocycles. The third-order valence-electron chi connectivity index (χ3n) is 4.78. The summed E-state index contributed by atoms with van der Waals surface area (Å²) in [5.41, 5.74) is 7.42. The van der Waals surface area contributed by atoms with Gasteiger partial charge in [-0.25, -0.2) is 5.43 Å². The van der Waals surface area contributed by atoms with E-state index in [-0.39, 0.29) is 11.6 Å². The van der Waals surface area contributed by atoms with Crippen LogP contribution in [0.1, 0.15) is 16.7 Å². The Morgan fingerprint density at radius 3 is 2.21 bits per heavy atom. The predicted molar refractivity (Wildman–Crippen MR) is 133 cm³/mol. The van der Waals surface area contributed by atoms with Gasteiger partial charge in [0, 0.05) is 23.5 Å². The summed E-state index contributed by atoms with van der Waals surface area (Å²) in [7, 11) is 0. The highest BCUT2D eigenvalue weighted by Gasteiger charge is 2.09. The minimum atomic E-state index is -0.449. The first-order chi connectivity index (χ1) is 16.5. The number of hydrogen-bond donors (Lipinski definition) is 3. The zero-order valence-electron chi connectivity index (χ0n) is 18.6. The van der Waals surface area contributed by atoms with Crippen molar-refractivity contribution >= 4 is 41.1 Å². The van der Waals surface area contributed by atoms with Crippen LogP contribution in [0, 0.1) is 24.0 Å². The minimum Gasteiger partial charge on any atom is -0.324 e. The molecule has 0 aliphatic rings. The third kappa shape index (κ3) is 5.88. The van der Waals surface area contributed by atoms with Crippen molar-refractivity contribution in [3.8, 4) is 0 Å². The largest absolute Gasteiger partial charge is 0.324 e. The van der Waals surface area contributed by atoms with Gasteiger partial charge in [0.15, 0.2) is 0 Å². The van der Waals surface area contributed by atoms with E-state index in [9.17, 15) is 10.1 Å². The summed E-state index contributed by atoms with van der Waals surface area (Å²) in [6, 6.07) is 21.6. The lowest BCUT2D eigenvalue weighted by Crippen LogP contribution is -2.07. The number of hydrazone groups is 1. The molecule has 10 nitrogen and oxygen atoms in total. The summed E-state index contributed by atoms with van der Waals surface area (Å²) in [5.74, 6) is 0.897. The summed E-state index contributed by atoms with van der Waals surface area (Å²) in [5, 5.41) is 21.4. The second-order valence-corrected chi connectivity index (χ2v) is 7.46. The van der Waals surface area contributed by atoms with Gasteiger partial charge in [-0.05, 0) is 55.3 Å². The second kappa shape index (κ2) is 10.2. The van der Waals surface area contributed by atoms with Gasteiger partial charge in [0.05, 0.1) is 11.1 Å². The quantitative estimate of drug-likeness (QED) is 0.185. The first-order valence-corrected chi connectivity index (χ1v) is 10.4. The van der Waals surface area contributed by atoms with Crippen LogP contribution in [0.25, 0.3) is 0 Å². The number of aryl methyl sites for hydroxylation is 2. The molecule has 0 saturated carbocycles. The van der Waals surface area contributed by atoms with Crippen LogP contribution in [-0.2, 0) is 0 Å². The maximum atomic E-state index is 10.8. The van der Waals surface area contributed by atoms with E-state index >= 15 is 0 Å². The average Bonchev–Trinajstić information content (AvgIpc) is 2.82. The molecule has 0 aliphatic carbocycles. The second-order valence-electron chi connectivity index (χ2n) is 7.46. The molecule has 0 radical (unpaired) electrons. The van der Waals surface area contributed by atoms with E-state index < -0.39 is 4.92 Å². The van der Waals surface area contributed by atoms with Gasteiger partial charge in [-0.2, -0.15) is 20.1 Å². The van der Waals surface area contributed by atoms with Gasteiger partial charge >= 0.3 is 0 Å². The monoisotopic (exact) mass is 454 g/mol. The molecule has 0 spiro atoms. The van der Waals surface area contributed by atoms with E-state index in [1.165, 1.54) is 18.3 Å². The number of nitrogens with one attached hydrogen (secondary N) is 3. The number of hydrogen-bond acceptors (Lipinski definition) is 9. The van der Waals surface area contributed by atoms with E-state index in [4.69, 9.17) is 0 Å². The minimum absolute atomic E-state index is 0.0151. The highest BCUT2D eigenvalue weighted by atomic mass is 16.6. The summed E-state index contributed by atoms with van der Waals surface area (Å²) < 4.78 is 0. The maximum absolute atomic E-state index is 10.8. The molecule has 1 heterocycles. The number of anilines is 5. The lowest BCUT2D eigenvalue weighted by molar-refractivity contribution is -0.384. The van der Waals surface area contributed by atoms with Crippen molar-refractivity contribution in [1.29, 1.82) is 0 Å². The number of nitrogens with zero attached hydrogens (tertiary/aromatic N) is 5. The smallest absolute Gasteiger partial charge is 0.269 e. The molecule has 4 rings (SSSR count). The number of para-hydroxylation sites is 1. The Bertz CT molecular complexity index is 1320. The summed E-state index contributed by atoms with van der Waals surface area (Å²) in [6.07, 6.45) is 1.52. The Morgan fingerprint density at radius 2 is 1.53 bits per heavy atom. The molecular formula is C24H22N8O2. The Kier molecular flexibility index (Phi) is 6.68. The standard InChI is InChI=1S/C24H22N8O2/c1-16-8-13-21(17(2)14-16)27-23-28-22(26-19-6-4-3-5-7-19)29-24(30-23)31-25-15-18-9-11-20(12-10-18)32(33)34/h3-15H,1-2H3,(H3,26,27,28,29,30,31)/b25-15+. The van der Waals surface area contributed by atoms with Crippen LogP contribution in [0.15, 0.2) is 77.9 Å². The van der Waals surface area contributed by atoms with E-state index in [1.807, 2.05) is 56.3 Å². The Labute approximate surface area is 196 Å². The maximum Gasteiger partial charge on any atom is 0.269 e. The molecule has 34 heavy (non-hydrogen) atoms. The first kappa shape index (κ1) is 22.3. The van der Waals surface area contributed by atoms with Crippen molar-refractivity contribution in [1.82, 2.24) is 15.0 Å². The average molecular weight is 454 g/mol.